The maximum absolute atomic E-state index is 13.2. The lowest BCUT2D eigenvalue weighted by atomic mass is 9.94. The van der Waals surface area contributed by atoms with E-state index in [0.29, 0.717) is 5.92 Å². The molecule has 1 heterocycles. The van der Waals surface area contributed by atoms with Crippen LogP contribution in [0.1, 0.15) is 44.9 Å². The Labute approximate surface area is 185 Å². The van der Waals surface area contributed by atoms with Crippen molar-refractivity contribution in [2.75, 3.05) is 6.61 Å². The second-order valence-corrected chi connectivity index (χ2v) is 9.10. The Kier molecular flexibility index (Phi) is 9.48. The van der Waals surface area contributed by atoms with Gasteiger partial charge in [0.15, 0.2) is 0 Å². The molecule has 3 heteroatoms. The van der Waals surface area contributed by atoms with Crippen molar-refractivity contribution in [1.82, 2.24) is 0 Å². The van der Waals surface area contributed by atoms with Gasteiger partial charge < -0.3 is 5.11 Å². The lowest BCUT2D eigenvalue weighted by Crippen LogP contribution is -2.00. The van der Waals surface area contributed by atoms with Gasteiger partial charge in [0.25, 0.3) is 0 Å². The third-order valence-electron chi connectivity index (χ3n) is 5.24. The number of hydrogen-bond donors (Lipinski definition) is 1. The van der Waals surface area contributed by atoms with E-state index >= 15 is 0 Å². The van der Waals surface area contributed by atoms with E-state index in [1.165, 1.54) is 22.6 Å². The summed E-state index contributed by atoms with van der Waals surface area (Å²) in [6.07, 6.45) is 8.09. The van der Waals surface area contributed by atoms with Gasteiger partial charge in [-0.05, 0) is 85.6 Å². The quantitative estimate of drug-likeness (QED) is 0.363. The Morgan fingerprint density at radius 1 is 1.17 bits per heavy atom. The first-order valence-corrected chi connectivity index (χ1v) is 11.3. The van der Waals surface area contributed by atoms with Crippen LogP contribution in [-0.4, -0.2) is 11.7 Å². The molecular formula is C27H33FOS. The Balaban J connectivity index is 2.10. The van der Waals surface area contributed by atoms with Crippen molar-refractivity contribution in [1.29, 1.82) is 0 Å². The third kappa shape index (κ3) is 7.23. The zero-order valence-electron chi connectivity index (χ0n) is 18.4. The van der Waals surface area contributed by atoms with Crippen LogP contribution in [0.4, 0.5) is 4.39 Å². The summed E-state index contributed by atoms with van der Waals surface area (Å²) in [5, 5.41) is 9.19. The molecule has 1 unspecified atom stereocenters. The van der Waals surface area contributed by atoms with E-state index in [0.717, 1.165) is 52.8 Å². The monoisotopic (exact) mass is 424 g/mol. The summed E-state index contributed by atoms with van der Waals surface area (Å²) in [5.74, 6) is 0.121. The zero-order valence-corrected chi connectivity index (χ0v) is 19.2. The smallest absolute Gasteiger partial charge is 0.123 e. The van der Waals surface area contributed by atoms with Crippen molar-refractivity contribution >= 4 is 11.3 Å². The summed E-state index contributed by atoms with van der Waals surface area (Å²) in [5.41, 5.74) is 5.56. The van der Waals surface area contributed by atoms with Crippen LogP contribution in [0, 0.1) is 11.7 Å². The van der Waals surface area contributed by atoms with Gasteiger partial charge in [0.05, 0.1) is 0 Å². The highest BCUT2D eigenvalue weighted by Gasteiger charge is 2.09. The highest BCUT2D eigenvalue weighted by Crippen LogP contribution is 2.31. The van der Waals surface area contributed by atoms with Crippen LogP contribution in [-0.2, 0) is 6.42 Å². The van der Waals surface area contributed by atoms with Crippen LogP contribution in [0.5, 0.6) is 0 Å². The maximum atomic E-state index is 13.2. The highest BCUT2D eigenvalue weighted by molar-refractivity contribution is 7.15. The summed E-state index contributed by atoms with van der Waals surface area (Å²) < 4.78 is 13.2. The van der Waals surface area contributed by atoms with E-state index in [1.807, 2.05) is 26.0 Å². The normalized spacial score (nSPS) is 13.4. The van der Waals surface area contributed by atoms with Gasteiger partial charge in [-0.2, -0.15) is 0 Å². The van der Waals surface area contributed by atoms with Gasteiger partial charge in [0, 0.05) is 22.8 Å². The number of allylic oxidation sites excluding steroid dienone is 6. The summed E-state index contributed by atoms with van der Waals surface area (Å²) in [6, 6.07) is 10.9. The number of benzene rings is 1. The van der Waals surface area contributed by atoms with E-state index in [9.17, 15) is 9.50 Å². The minimum absolute atomic E-state index is 0.215. The molecule has 0 saturated carbocycles. The van der Waals surface area contributed by atoms with Gasteiger partial charge in [-0.25, -0.2) is 4.39 Å². The fourth-order valence-corrected chi connectivity index (χ4v) is 4.27. The van der Waals surface area contributed by atoms with Gasteiger partial charge in [-0.1, -0.05) is 49.9 Å². The highest BCUT2D eigenvalue weighted by atomic mass is 32.1. The molecule has 1 aromatic carbocycles. The van der Waals surface area contributed by atoms with E-state index in [1.54, 1.807) is 11.3 Å². The predicted molar refractivity (Wildman–Crippen MR) is 129 cm³/mol. The van der Waals surface area contributed by atoms with E-state index < -0.39 is 0 Å². The van der Waals surface area contributed by atoms with Crippen LogP contribution >= 0.6 is 11.3 Å². The molecule has 0 amide bonds. The van der Waals surface area contributed by atoms with Crippen molar-refractivity contribution < 1.29 is 9.50 Å². The fourth-order valence-electron chi connectivity index (χ4n) is 3.23. The lowest BCUT2D eigenvalue weighted by molar-refractivity contribution is 0.228. The predicted octanol–water partition coefficient (Wildman–Crippen LogP) is 7.90. The van der Waals surface area contributed by atoms with Crippen molar-refractivity contribution in [3.63, 3.8) is 0 Å². The first-order valence-electron chi connectivity index (χ1n) is 10.5. The number of aliphatic hydroxyl groups is 1. The lowest BCUT2D eigenvalue weighted by Gasteiger charge is -2.12. The fraction of sp³-hybridized carbons (Fsp3) is 0.333. The molecule has 1 atom stereocenters. The molecule has 2 aromatic rings. The summed E-state index contributed by atoms with van der Waals surface area (Å²) in [4.78, 5) is 2.39. The third-order valence-corrected chi connectivity index (χ3v) is 6.37. The second-order valence-electron chi connectivity index (χ2n) is 7.93. The first-order chi connectivity index (χ1) is 14.3. The van der Waals surface area contributed by atoms with Crippen LogP contribution in [0.15, 0.2) is 84.0 Å². The Bertz CT molecular complexity index is 915. The molecule has 1 N–H and O–H groups in total. The van der Waals surface area contributed by atoms with Crippen LogP contribution < -0.4 is 0 Å². The van der Waals surface area contributed by atoms with Crippen molar-refractivity contribution in [3.8, 4) is 10.4 Å². The van der Waals surface area contributed by atoms with Gasteiger partial charge in [0.2, 0.25) is 0 Å². The molecule has 0 aliphatic carbocycles. The number of halogens is 1. The number of thiophene rings is 1. The molecule has 1 aromatic heterocycles. The average Bonchev–Trinajstić information content (AvgIpc) is 3.19. The average molecular weight is 425 g/mol. The molecule has 160 valence electrons. The zero-order chi connectivity index (χ0) is 22.1. The molecule has 0 radical (unpaired) electrons. The molecule has 30 heavy (non-hydrogen) atoms. The molecule has 1 nitrogen and oxygen atoms in total. The van der Waals surface area contributed by atoms with Gasteiger partial charge in [-0.3, -0.25) is 0 Å². The Hall–Kier alpha value is -2.23. The van der Waals surface area contributed by atoms with Crippen LogP contribution in [0.25, 0.3) is 10.4 Å². The van der Waals surface area contributed by atoms with E-state index in [2.05, 4.69) is 44.4 Å². The van der Waals surface area contributed by atoms with Crippen molar-refractivity contribution in [3.05, 3.63) is 94.7 Å². The van der Waals surface area contributed by atoms with Gasteiger partial charge >= 0.3 is 0 Å². The standard InChI is InChI=1S/C27H33FOS/c1-6-22(21(5)9-7-8-20(4)18-29)16-24(19(2)3)17-26-14-15-27(30-26)23-10-12-25(28)13-11-23/h6,10-16,20,29H,2,5,7-9,17-18H2,1,3-4H3/b22-6+,24-16-. The first kappa shape index (κ1) is 24.0. The number of rotatable bonds is 11. The number of hydrogen-bond acceptors (Lipinski definition) is 2. The van der Waals surface area contributed by atoms with Gasteiger partial charge in [-0.15, -0.1) is 11.3 Å². The van der Waals surface area contributed by atoms with Crippen molar-refractivity contribution in [2.45, 2.75) is 46.5 Å². The SMILES string of the molecule is C=C(C)/C(=C\C(=C/C)C(=C)CCCC(C)CO)Cc1ccc(-c2ccc(F)cc2)s1. The van der Waals surface area contributed by atoms with Crippen LogP contribution in [0.3, 0.4) is 0 Å². The molecular weight excluding hydrogens is 391 g/mol. The molecule has 0 bridgehead atoms. The summed E-state index contributed by atoms with van der Waals surface area (Å²) in [7, 11) is 0. The number of aliphatic hydroxyl groups excluding tert-OH is 1. The maximum Gasteiger partial charge on any atom is 0.123 e. The van der Waals surface area contributed by atoms with Crippen LogP contribution in [0.2, 0.25) is 0 Å². The van der Waals surface area contributed by atoms with E-state index in [4.69, 9.17) is 0 Å². The molecule has 2 rings (SSSR count). The van der Waals surface area contributed by atoms with Crippen molar-refractivity contribution in [2.24, 2.45) is 5.92 Å². The summed E-state index contributed by atoms with van der Waals surface area (Å²) >= 11 is 1.73. The second kappa shape index (κ2) is 11.8. The molecule has 0 aliphatic rings. The molecule has 0 fully saturated rings. The summed E-state index contributed by atoms with van der Waals surface area (Å²) in [6.45, 7) is 14.9. The Morgan fingerprint density at radius 3 is 2.47 bits per heavy atom. The largest absolute Gasteiger partial charge is 0.396 e. The van der Waals surface area contributed by atoms with Gasteiger partial charge in [0.1, 0.15) is 5.82 Å². The Morgan fingerprint density at radius 2 is 1.87 bits per heavy atom. The van der Waals surface area contributed by atoms with E-state index in [-0.39, 0.29) is 12.4 Å². The molecule has 0 saturated heterocycles. The minimum atomic E-state index is -0.215. The molecule has 0 spiro atoms. The topological polar surface area (TPSA) is 20.2 Å². The molecule has 0 aliphatic heterocycles. The minimum Gasteiger partial charge on any atom is -0.396 e.